The summed E-state index contributed by atoms with van der Waals surface area (Å²) in [5, 5.41) is 0.987. The van der Waals surface area contributed by atoms with Gasteiger partial charge in [0.2, 0.25) is 11.0 Å². The van der Waals surface area contributed by atoms with E-state index in [2.05, 4.69) is 9.97 Å². The lowest BCUT2D eigenvalue weighted by molar-refractivity contribution is 0.415. The van der Waals surface area contributed by atoms with Gasteiger partial charge in [-0.1, -0.05) is 42.5 Å². The highest BCUT2D eigenvalue weighted by Crippen LogP contribution is 2.40. The Morgan fingerprint density at radius 1 is 0.958 bits per heavy atom. The molecule has 0 spiro atoms. The smallest absolute Gasteiger partial charge is 0.231 e. The number of nitrogens with zero attached hydrogens (tertiary/aromatic N) is 2. The van der Waals surface area contributed by atoms with Crippen molar-refractivity contribution < 1.29 is 9.15 Å². The van der Waals surface area contributed by atoms with Crippen LogP contribution in [-0.4, -0.2) is 17.1 Å². The van der Waals surface area contributed by atoms with E-state index in [1.807, 2.05) is 54.6 Å². The van der Waals surface area contributed by atoms with E-state index >= 15 is 0 Å². The average molecular weight is 337 g/mol. The third-order valence-corrected chi connectivity index (χ3v) is 4.02. The minimum absolute atomic E-state index is 0.164. The zero-order valence-electron chi connectivity index (χ0n) is 12.9. The Hall–Kier alpha value is -2.85. The maximum atomic E-state index is 6.01. The van der Waals surface area contributed by atoms with Gasteiger partial charge < -0.3 is 9.15 Å². The molecule has 5 heteroatoms. The summed E-state index contributed by atoms with van der Waals surface area (Å²) in [6.45, 7) is 0. The number of furan rings is 1. The molecule has 118 valence electrons. The van der Waals surface area contributed by atoms with Crippen LogP contribution < -0.4 is 4.74 Å². The molecule has 4 nitrogen and oxygen atoms in total. The number of benzene rings is 2. The normalized spacial score (nSPS) is 10.9. The summed E-state index contributed by atoms with van der Waals surface area (Å²) >= 11 is 5.91. The van der Waals surface area contributed by atoms with Crippen LogP contribution in [0, 0.1) is 0 Å². The lowest BCUT2D eigenvalue weighted by Gasteiger charge is -2.05. The fourth-order valence-electron chi connectivity index (χ4n) is 2.70. The van der Waals surface area contributed by atoms with Crippen molar-refractivity contribution in [2.75, 3.05) is 7.11 Å². The van der Waals surface area contributed by atoms with Crippen LogP contribution in [0.3, 0.4) is 0 Å². The molecule has 0 atom stereocenters. The molecule has 0 N–H and O–H groups in total. The minimum atomic E-state index is 0.164. The molecule has 0 saturated heterocycles. The first-order valence-electron chi connectivity index (χ1n) is 7.41. The highest BCUT2D eigenvalue weighted by Gasteiger charge is 2.19. The fraction of sp³-hybridized carbons (Fsp3) is 0.0526. The van der Waals surface area contributed by atoms with Crippen molar-refractivity contribution in [3.05, 3.63) is 66.1 Å². The molecular weight excluding hydrogens is 324 g/mol. The standard InChI is InChI=1S/C19H13ClN2O2/c1-23-14-9-7-12(8-10-14)16-15-11-21-19(20)22-18(15)24-17(16)13-5-3-2-4-6-13/h2-11H,1H3. The highest BCUT2D eigenvalue weighted by atomic mass is 35.5. The van der Waals surface area contributed by atoms with Gasteiger partial charge in [-0.3, -0.25) is 0 Å². The van der Waals surface area contributed by atoms with E-state index in [0.717, 1.165) is 33.6 Å². The van der Waals surface area contributed by atoms with Gasteiger partial charge >= 0.3 is 0 Å². The number of rotatable bonds is 3. The van der Waals surface area contributed by atoms with Gasteiger partial charge in [-0.2, -0.15) is 4.98 Å². The third kappa shape index (κ3) is 2.51. The number of fused-ring (bicyclic) bond motifs is 1. The van der Waals surface area contributed by atoms with Crippen LogP contribution in [0.5, 0.6) is 5.75 Å². The second-order valence-corrected chi connectivity index (χ2v) is 5.60. The van der Waals surface area contributed by atoms with Gasteiger partial charge in [0, 0.05) is 17.3 Å². The fourth-order valence-corrected chi connectivity index (χ4v) is 2.83. The summed E-state index contributed by atoms with van der Waals surface area (Å²) in [6.07, 6.45) is 1.69. The number of ether oxygens (including phenoxy) is 1. The molecule has 0 aliphatic carbocycles. The largest absolute Gasteiger partial charge is 0.497 e. The van der Waals surface area contributed by atoms with Crippen molar-refractivity contribution in [2.24, 2.45) is 0 Å². The molecule has 0 radical (unpaired) electrons. The number of methoxy groups -OCH3 is 1. The van der Waals surface area contributed by atoms with E-state index in [0.29, 0.717) is 5.71 Å². The lowest BCUT2D eigenvalue weighted by atomic mass is 10.00. The van der Waals surface area contributed by atoms with Crippen molar-refractivity contribution in [3.8, 4) is 28.2 Å². The molecule has 0 unspecified atom stereocenters. The molecule has 2 heterocycles. The van der Waals surface area contributed by atoms with Crippen LogP contribution in [0.1, 0.15) is 0 Å². The first kappa shape index (κ1) is 14.7. The summed E-state index contributed by atoms with van der Waals surface area (Å²) < 4.78 is 11.2. The Kier molecular flexibility index (Phi) is 3.67. The Bertz CT molecular complexity index is 995. The van der Waals surface area contributed by atoms with Crippen LogP contribution in [0.15, 0.2) is 65.2 Å². The molecule has 0 aliphatic rings. The van der Waals surface area contributed by atoms with Gasteiger partial charge in [-0.05, 0) is 29.3 Å². The summed E-state index contributed by atoms with van der Waals surface area (Å²) in [5.74, 6) is 1.54. The predicted octanol–water partition coefficient (Wildman–Crippen LogP) is 5.22. The van der Waals surface area contributed by atoms with Crippen molar-refractivity contribution in [1.82, 2.24) is 9.97 Å². The van der Waals surface area contributed by atoms with Crippen molar-refractivity contribution in [2.45, 2.75) is 0 Å². The average Bonchev–Trinajstić information content (AvgIpc) is 3.01. The van der Waals surface area contributed by atoms with E-state index < -0.39 is 0 Å². The van der Waals surface area contributed by atoms with Gasteiger partial charge in [0.15, 0.2) is 0 Å². The van der Waals surface area contributed by atoms with E-state index in [9.17, 15) is 0 Å². The zero-order valence-corrected chi connectivity index (χ0v) is 13.6. The van der Waals surface area contributed by atoms with Gasteiger partial charge in [0.25, 0.3) is 0 Å². The van der Waals surface area contributed by atoms with Crippen LogP contribution in [0.4, 0.5) is 0 Å². The lowest BCUT2D eigenvalue weighted by Crippen LogP contribution is -1.85. The molecular formula is C19H13ClN2O2. The number of hydrogen-bond donors (Lipinski definition) is 0. The molecule has 2 aromatic carbocycles. The third-order valence-electron chi connectivity index (χ3n) is 3.83. The van der Waals surface area contributed by atoms with Gasteiger partial charge in [0.05, 0.1) is 12.5 Å². The number of aromatic nitrogens is 2. The summed E-state index contributed by atoms with van der Waals surface area (Å²) in [7, 11) is 1.65. The molecule has 0 saturated carbocycles. The van der Waals surface area contributed by atoms with Gasteiger partial charge in [-0.15, -0.1) is 0 Å². The first-order chi connectivity index (χ1) is 11.8. The van der Waals surface area contributed by atoms with E-state index in [4.69, 9.17) is 20.8 Å². The molecule has 0 fully saturated rings. The summed E-state index contributed by atoms with van der Waals surface area (Å²) in [5.41, 5.74) is 3.38. The second-order valence-electron chi connectivity index (χ2n) is 5.26. The van der Waals surface area contributed by atoms with Gasteiger partial charge in [-0.25, -0.2) is 4.98 Å². The van der Waals surface area contributed by atoms with E-state index in [-0.39, 0.29) is 5.28 Å². The predicted molar refractivity (Wildman–Crippen MR) is 94.2 cm³/mol. The highest BCUT2D eigenvalue weighted by molar-refractivity contribution is 6.28. The molecule has 0 aliphatic heterocycles. The maximum absolute atomic E-state index is 6.01. The quantitative estimate of drug-likeness (QED) is 0.481. The minimum Gasteiger partial charge on any atom is -0.497 e. The Morgan fingerprint density at radius 3 is 2.42 bits per heavy atom. The van der Waals surface area contributed by atoms with Crippen molar-refractivity contribution >= 4 is 22.7 Å². The maximum Gasteiger partial charge on any atom is 0.231 e. The molecule has 0 amide bonds. The monoisotopic (exact) mass is 336 g/mol. The zero-order chi connectivity index (χ0) is 16.5. The number of halogens is 1. The number of hydrogen-bond acceptors (Lipinski definition) is 4. The van der Waals surface area contributed by atoms with Gasteiger partial charge in [0.1, 0.15) is 11.5 Å². The summed E-state index contributed by atoms with van der Waals surface area (Å²) in [6, 6.07) is 17.7. The van der Waals surface area contributed by atoms with E-state index in [1.54, 1.807) is 13.3 Å². The summed E-state index contributed by atoms with van der Waals surface area (Å²) in [4.78, 5) is 8.31. The van der Waals surface area contributed by atoms with Crippen LogP contribution >= 0.6 is 11.6 Å². The molecule has 0 bridgehead atoms. The molecule has 2 aromatic heterocycles. The second kappa shape index (κ2) is 5.98. The Morgan fingerprint density at radius 2 is 1.71 bits per heavy atom. The van der Waals surface area contributed by atoms with Crippen LogP contribution in [0.25, 0.3) is 33.6 Å². The van der Waals surface area contributed by atoms with Crippen molar-refractivity contribution in [3.63, 3.8) is 0 Å². The van der Waals surface area contributed by atoms with Crippen LogP contribution in [0.2, 0.25) is 5.28 Å². The molecule has 4 aromatic rings. The van der Waals surface area contributed by atoms with Crippen molar-refractivity contribution in [1.29, 1.82) is 0 Å². The molecule has 4 rings (SSSR count). The first-order valence-corrected chi connectivity index (χ1v) is 7.79. The topological polar surface area (TPSA) is 48.2 Å². The Balaban J connectivity index is 2.00. The Labute approximate surface area is 143 Å². The van der Waals surface area contributed by atoms with E-state index in [1.165, 1.54) is 0 Å². The SMILES string of the molecule is COc1ccc(-c2c(-c3ccccc3)oc3nc(Cl)ncc23)cc1. The molecule has 24 heavy (non-hydrogen) atoms. The van der Waals surface area contributed by atoms with Crippen LogP contribution in [-0.2, 0) is 0 Å².